The van der Waals surface area contributed by atoms with Crippen molar-refractivity contribution in [2.24, 2.45) is 4.99 Å². The molecule has 1 aliphatic rings. The number of rotatable bonds is 2. The first-order chi connectivity index (χ1) is 7.40. The van der Waals surface area contributed by atoms with Gasteiger partial charge in [-0.3, -0.25) is 4.99 Å². The summed E-state index contributed by atoms with van der Waals surface area (Å²) in [5.41, 5.74) is 3.76. The van der Waals surface area contributed by atoms with Crippen molar-refractivity contribution in [2.45, 2.75) is 19.8 Å². The Morgan fingerprint density at radius 2 is 2.20 bits per heavy atom. The molecule has 0 saturated carbocycles. The molecule has 0 radical (unpaired) electrons. The molecule has 0 atom stereocenters. The molecule has 0 N–H and O–H groups in total. The number of aryl methyl sites for hydroxylation is 1. The largest absolute Gasteiger partial charge is 0.260 e. The molecular formula is C14H15N. The normalized spacial score (nSPS) is 14.9. The third-order valence-electron chi connectivity index (χ3n) is 2.54. The summed E-state index contributed by atoms with van der Waals surface area (Å²) in [6, 6.07) is 8.62. The summed E-state index contributed by atoms with van der Waals surface area (Å²) in [6.45, 7) is 2.17. The topological polar surface area (TPSA) is 12.4 Å². The molecule has 1 aliphatic heterocycles. The van der Waals surface area contributed by atoms with E-state index in [1.165, 1.54) is 11.1 Å². The number of nitrogens with zero attached hydrogens (tertiary/aromatic N) is 1. The van der Waals surface area contributed by atoms with Gasteiger partial charge in [0.05, 0.1) is 5.71 Å². The van der Waals surface area contributed by atoms with E-state index in [0.29, 0.717) is 0 Å². The monoisotopic (exact) mass is 197 g/mol. The summed E-state index contributed by atoms with van der Waals surface area (Å²) < 4.78 is 0. The Labute approximate surface area is 90.9 Å². The van der Waals surface area contributed by atoms with Gasteiger partial charge in [0.1, 0.15) is 0 Å². The van der Waals surface area contributed by atoms with Crippen molar-refractivity contribution in [1.82, 2.24) is 0 Å². The van der Waals surface area contributed by atoms with E-state index in [-0.39, 0.29) is 0 Å². The fraction of sp³-hybridized carbons (Fsp3) is 0.214. The minimum absolute atomic E-state index is 0.917. The molecule has 2 rings (SSSR count). The molecule has 0 fully saturated rings. The smallest absolute Gasteiger partial charge is 0.0513 e. The van der Waals surface area contributed by atoms with E-state index in [1.54, 1.807) is 0 Å². The third-order valence-corrected chi connectivity index (χ3v) is 2.54. The lowest BCUT2D eigenvalue weighted by Gasteiger charge is -2.04. The van der Waals surface area contributed by atoms with Crippen molar-refractivity contribution in [2.75, 3.05) is 0 Å². The quantitative estimate of drug-likeness (QED) is 0.688. The van der Waals surface area contributed by atoms with Crippen molar-refractivity contribution in [1.29, 1.82) is 0 Å². The number of benzene rings is 1. The Balaban J connectivity index is 2.32. The van der Waals surface area contributed by atoms with Crippen LogP contribution in [0, 0.1) is 0 Å². The van der Waals surface area contributed by atoms with E-state index in [1.807, 2.05) is 18.4 Å². The summed E-state index contributed by atoms with van der Waals surface area (Å²) in [6.07, 6.45) is 10.0. The van der Waals surface area contributed by atoms with Gasteiger partial charge in [-0.05, 0) is 29.7 Å². The maximum Gasteiger partial charge on any atom is 0.0513 e. The zero-order valence-electron chi connectivity index (χ0n) is 8.98. The zero-order valence-corrected chi connectivity index (χ0v) is 8.98. The van der Waals surface area contributed by atoms with Gasteiger partial charge in [-0.15, -0.1) is 0 Å². The van der Waals surface area contributed by atoms with Crippen LogP contribution in [0.1, 0.15) is 24.5 Å². The van der Waals surface area contributed by atoms with Crippen LogP contribution in [0.4, 0.5) is 0 Å². The first-order valence-electron chi connectivity index (χ1n) is 5.38. The molecule has 0 unspecified atom stereocenters. The molecule has 0 aliphatic carbocycles. The Morgan fingerprint density at radius 3 is 3.07 bits per heavy atom. The van der Waals surface area contributed by atoms with E-state index in [0.717, 1.165) is 18.6 Å². The lowest BCUT2D eigenvalue weighted by Crippen LogP contribution is -1.99. The Bertz CT molecular complexity index is 425. The lowest BCUT2D eigenvalue weighted by molar-refractivity contribution is 1.14. The number of hydrogen-bond acceptors (Lipinski definition) is 1. The lowest BCUT2D eigenvalue weighted by atomic mass is 10.0. The number of allylic oxidation sites excluding steroid dienone is 3. The molecule has 1 aromatic carbocycles. The maximum atomic E-state index is 4.44. The highest BCUT2D eigenvalue weighted by Crippen LogP contribution is 2.11. The van der Waals surface area contributed by atoms with Gasteiger partial charge in [0, 0.05) is 12.6 Å². The highest BCUT2D eigenvalue weighted by atomic mass is 14.7. The average Bonchev–Trinajstić information content (AvgIpc) is 2.58. The summed E-state index contributed by atoms with van der Waals surface area (Å²) in [7, 11) is 0. The van der Waals surface area contributed by atoms with Gasteiger partial charge in [-0.1, -0.05) is 37.3 Å². The Kier molecular flexibility index (Phi) is 3.13. The summed E-state index contributed by atoms with van der Waals surface area (Å²) >= 11 is 0. The minimum Gasteiger partial charge on any atom is -0.260 e. The van der Waals surface area contributed by atoms with Crippen LogP contribution < -0.4 is 0 Å². The average molecular weight is 197 g/mol. The van der Waals surface area contributed by atoms with Crippen LogP contribution in [0.2, 0.25) is 0 Å². The molecule has 1 aromatic rings. The van der Waals surface area contributed by atoms with Crippen LogP contribution >= 0.6 is 0 Å². The number of hydrogen-bond donors (Lipinski definition) is 0. The minimum atomic E-state index is 0.917. The predicted octanol–water partition coefficient (Wildman–Crippen LogP) is 3.51. The first-order valence-corrected chi connectivity index (χ1v) is 5.38. The van der Waals surface area contributed by atoms with Crippen LogP contribution in [0.25, 0.3) is 0 Å². The second-order valence-corrected chi connectivity index (χ2v) is 3.60. The van der Waals surface area contributed by atoms with Gasteiger partial charge >= 0.3 is 0 Å². The summed E-state index contributed by atoms with van der Waals surface area (Å²) in [5, 5.41) is 0. The van der Waals surface area contributed by atoms with Crippen LogP contribution in [0.3, 0.4) is 0 Å². The summed E-state index contributed by atoms with van der Waals surface area (Å²) in [4.78, 5) is 4.44. The van der Waals surface area contributed by atoms with Gasteiger partial charge in [-0.25, -0.2) is 0 Å². The molecule has 0 bridgehead atoms. The molecule has 1 heteroatoms. The zero-order chi connectivity index (χ0) is 10.5. The predicted molar refractivity (Wildman–Crippen MR) is 65.3 cm³/mol. The van der Waals surface area contributed by atoms with Crippen molar-refractivity contribution in [3.63, 3.8) is 0 Å². The third kappa shape index (κ3) is 2.44. The van der Waals surface area contributed by atoms with E-state index < -0.39 is 0 Å². The first kappa shape index (κ1) is 9.91. The molecule has 0 aromatic heterocycles. The van der Waals surface area contributed by atoms with E-state index in [2.05, 4.69) is 42.3 Å². The molecule has 1 nitrogen and oxygen atoms in total. The Hall–Kier alpha value is -1.63. The van der Waals surface area contributed by atoms with Crippen molar-refractivity contribution >= 4 is 5.71 Å². The molecule has 15 heavy (non-hydrogen) atoms. The van der Waals surface area contributed by atoms with Gasteiger partial charge in [0.15, 0.2) is 0 Å². The van der Waals surface area contributed by atoms with Crippen LogP contribution in [0.5, 0.6) is 0 Å². The Morgan fingerprint density at radius 1 is 1.27 bits per heavy atom. The summed E-state index contributed by atoms with van der Waals surface area (Å²) in [5.74, 6) is 0. The standard InChI is InChI=1S/C14H15N/c1-2-12-7-6-8-13(11-12)14-9-4-3-5-10-15-14/h3-8,10-11H,2,9H2,1H3. The van der Waals surface area contributed by atoms with E-state index in [4.69, 9.17) is 0 Å². The molecule has 76 valence electrons. The highest BCUT2D eigenvalue weighted by Gasteiger charge is 2.02. The van der Waals surface area contributed by atoms with Gasteiger partial charge in [0.2, 0.25) is 0 Å². The van der Waals surface area contributed by atoms with Crippen LogP contribution in [-0.4, -0.2) is 5.71 Å². The van der Waals surface area contributed by atoms with E-state index in [9.17, 15) is 0 Å². The fourth-order valence-electron chi connectivity index (χ4n) is 1.66. The van der Waals surface area contributed by atoms with Gasteiger partial charge < -0.3 is 0 Å². The van der Waals surface area contributed by atoms with E-state index >= 15 is 0 Å². The van der Waals surface area contributed by atoms with Gasteiger partial charge in [0.25, 0.3) is 0 Å². The molecule has 0 amide bonds. The van der Waals surface area contributed by atoms with Gasteiger partial charge in [-0.2, -0.15) is 0 Å². The van der Waals surface area contributed by atoms with Crippen LogP contribution in [0.15, 0.2) is 53.7 Å². The second kappa shape index (κ2) is 4.74. The maximum absolute atomic E-state index is 4.44. The highest BCUT2D eigenvalue weighted by molar-refractivity contribution is 6.02. The van der Waals surface area contributed by atoms with Crippen molar-refractivity contribution in [3.05, 3.63) is 59.8 Å². The molecule has 0 saturated heterocycles. The molecular weight excluding hydrogens is 182 g/mol. The fourth-order valence-corrected chi connectivity index (χ4v) is 1.66. The SMILES string of the molecule is CCc1cccc(C2=NC=CC=CC2)c1. The van der Waals surface area contributed by atoms with Crippen molar-refractivity contribution in [3.8, 4) is 0 Å². The van der Waals surface area contributed by atoms with Crippen LogP contribution in [-0.2, 0) is 6.42 Å². The number of aliphatic imine (C=N–C) groups is 1. The molecule has 0 spiro atoms. The molecule has 1 heterocycles. The van der Waals surface area contributed by atoms with Crippen molar-refractivity contribution < 1.29 is 0 Å². The second-order valence-electron chi connectivity index (χ2n) is 3.60.